The number of hydrogen-bond donors (Lipinski definition) is 1. The van der Waals surface area contributed by atoms with Crippen LogP contribution in [-0.2, 0) is 0 Å². The molecular formula is C36H25N3S. The molecule has 7 aromatic rings. The van der Waals surface area contributed by atoms with E-state index in [9.17, 15) is 0 Å². The molecule has 6 aromatic carbocycles. The highest BCUT2D eigenvalue weighted by atomic mass is 32.2. The summed E-state index contributed by atoms with van der Waals surface area (Å²) < 4.78 is 2.37. The number of nitrogens with one attached hydrogen (secondary N) is 1. The highest BCUT2D eigenvalue weighted by Gasteiger charge is 2.24. The summed E-state index contributed by atoms with van der Waals surface area (Å²) in [6, 6.07) is 51.9. The first kappa shape index (κ1) is 23.0. The summed E-state index contributed by atoms with van der Waals surface area (Å²) in [5, 5.41) is 6.07. The molecule has 0 aliphatic carbocycles. The van der Waals surface area contributed by atoms with Crippen LogP contribution in [0.3, 0.4) is 0 Å². The number of hydrogen-bond acceptors (Lipinski definition) is 3. The first-order valence-corrected chi connectivity index (χ1v) is 14.3. The van der Waals surface area contributed by atoms with Crippen molar-refractivity contribution in [2.45, 2.75) is 9.79 Å². The van der Waals surface area contributed by atoms with Crippen molar-refractivity contribution in [1.82, 2.24) is 4.57 Å². The molecular weight excluding hydrogens is 506 g/mol. The normalized spacial score (nSPS) is 12.3. The van der Waals surface area contributed by atoms with Crippen molar-refractivity contribution in [1.29, 1.82) is 0 Å². The smallest absolute Gasteiger partial charge is 0.0601 e. The van der Waals surface area contributed by atoms with Crippen molar-refractivity contribution in [3.63, 3.8) is 0 Å². The minimum atomic E-state index is 1.07. The van der Waals surface area contributed by atoms with Crippen LogP contribution in [-0.4, -0.2) is 4.57 Å². The molecule has 1 aliphatic rings. The van der Waals surface area contributed by atoms with E-state index in [1.54, 1.807) is 0 Å². The Bertz CT molecular complexity index is 1960. The van der Waals surface area contributed by atoms with Gasteiger partial charge in [-0.1, -0.05) is 78.5 Å². The topological polar surface area (TPSA) is 20.2 Å². The Morgan fingerprint density at radius 3 is 1.80 bits per heavy atom. The maximum Gasteiger partial charge on any atom is 0.0601 e. The third-order valence-electron chi connectivity index (χ3n) is 7.53. The Kier molecular flexibility index (Phi) is 5.39. The van der Waals surface area contributed by atoms with Crippen molar-refractivity contribution < 1.29 is 0 Å². The molecule has 0 saturated heterocycles. The third kappa shape index (κ3) is 3.76. The van der Waals surface area contributed by atoms with Crippen molar-refractivity contribution in [2.75, 3.05) is 10.2 Å². The van der Waals surface area contributed by atoms with Gasteiger partial charge in [-0.15, -0.1) is 0 Å². The summed E-state index contributed by atoms with van der Waals surface area (Å²) in [4.78, 5) is 4.91. The zero-order valence-corrected chi connectivity index (χ0v) is 22.5. The average molecular weight is 532 g/mol. The minimum Gasteiger partial charge on any atom is -0.355 e. The fraction of sp³-hybridized carbons (Fsp3) is 0. The fourth-order valence-corrected chi connectivity index (χ4v) is 6.81. The molecule has 0 fully saturated rings. The van der Waals surface area contributed by atoms with Gasteiger partial charge in [0.15, 0.2) is 0 Å². The van der Waals surface area contributed by atoms with Gasteiger partial charge in [0.1, 0.15) is 0 Å². The van der Waals surface area contributed by atoms with E-state index >= 15 is 0 Å². The summed E-state index contributed by atoms with van der Waals surface area (Å²) in [7, 11) is 0. The standard InChI is InChI=1S/C36H25N3S/c1-2-10-25(11-3-1)37-26-18-23-30-29-12-4-5-13-31(29)38(34(30)24-26)27-19-21-28(22-20-27)39-32-14-6-8-16-35(32)40-36-17-9-7-15-33(36)39/h1-24,37H. The molecule has 0 atom stereocenters. The van der Waals surface area contributed by atoms with Gasteiger partial charge in [0.25, 0.3) is 0 Å². The predicted octanol–water partition coefficient (Wildman–Crippen LogP) is 10.5. The van der Waals surface area contributed by atoms with Crippen LogP contribution in [0.15, 0.2) is 155 Å². The van der Waals surface area contributed by atoms with Gasteiger partial charge in [-0.3, -0.25) is 0 Å². The van der Waals surface area contributed by atoms with E-state index in [1.165, 1.54) is 43.0 Å². The van der Waals surface area contributed by atoms with Gasteiger partial charge < -0.3 is 14.8 Å². The second-order valence-corrected chi connectivity index (χ2v) is 11.0. The van der Waals surface area contributed by atoms with Gasteiger partial charge >= 0.3 is 0 Å². The minimum absolute atomic E-state index is 1.07. The number of rotatable bonds is 4. The molecule has 1 aromatic heterocycles. The first-order valence-electron chi connectivity index (χ1n) is 13.5. The highest BCUT2D eigenvalue weighted by Crippen LogP contribution is 2.51. The number of fused-ring (bicyclic) bond motifs is 5. The lowest BCUT2D eigenvalue weighted by molar-refractivity contribution is 1.15. The van der Waals surface area contributed by atoms with Crippen molar-refractivity contribution in [3.8, 4) is 5.69 Å². The van der Waals surface area contributed by atoms with E-state index in [0.717, 1.165) is 22.7 Å². The molecule has 1 N–H and O–H groups in total. The number of para-hydroxylation sites is 4. The van der Waals surface area contributed by atoms with Crippen LogP contribution in [0.25, 0.3) is 27.5 Å². The van der Waals surface area contributed by atoms with Crippen LogP contribution in [0.4, 0.5) is 28.4 Å². The van der Waals surface area contributed by atoms with E-state index in [4.69, 9.17) is 0 Å². The van der Waals surface area contributed by atoms with Crippen LogP contribution in [0, 0.1) is 0 Å². The lowest BCUT2D eigenvalue weighted by atomic mass is 10.1. The van der Waals surface area contributed by atoms with Gasteiger partial charge in [-0.25, -0.2) is 0 Å². The maximum absolute atomic E-state index is 3.57. The molecule has 8 rings (SSSR count). The SMILES string of the molecule is c1ccc(Nc2ccc3c4ccccc4n(-c4ccc(N5c6ccccc6Sc6ccccc65)cc4)c3c2)cc1. The Hall–Kier alpha value is -4.93. The Morgan fingerprint density at radius 1 is 0.450 bits per heavy atom. The Morgan fingerprint density at radius 2 is 1.05 bits per heavy atom. The molecule has 40 heavy (non-hydrogen) atoms. The second-order valence-electron chi connectivity index (χ2n) is 9.96. The summed E-state index contributed by atoms with van der Waals surface area (Å²) >= 11 is 1.83. The summed E-state index contributed by atoms with van der Waals surface area (Å²) in [6.07, 6.45) is 0. The molecule has 0 bridgehead atoms. The molecule has 0 radical (unpaired) electrons. The van der Waals surface area contributed by atoms with E-state index in [-0.39, 0.29) is 0 Å². The number of nitrogens with zero attached hydrogens (tertiary/aromatic N) is 2. The quantitative estimate of drug-likeness (QED) is 0.244. The number of anilines is 5. The molecule has 3 nitrogen and oxygen atoms in total. The van der Waals surface area contributed by atoms with Gasteiger partial charge in [0.05, 0.1) is 22.4 Å². The van der Waals surface area contributed by atoms with E-state index in [0.29, 0.717) is 0 Å². The van der Waals surface area contributed by atoms with Gasteiger partial charge in [0.2, 0.25) is 0 Å². The zero-order chi connectivity index (χ0) is 26.5. The lowest BCUT2D eigenvalue weighted by Gasteiger charge is -2.32. The molecule has 0 amide bonds. The lowest BCUT2D eigenvalue weighted by Crippen LogP contribution is -2.14. The molecule has 0 unspecified atom stereocenters. The average Bonchev–Trinajstić information content (AvgIpc) is 3.34. The molecule has 1 aliphatic heterocycles. The van der Waals surface area contributed by atoms with E-state index in [1.807, 2.05) is 17.8 Å². The van der Waals surface area contributed by atoms with E-state index < -0.39 is 0 Å². The molecule has 190 valence electrons. The fourth-order valence-electron chi connectivity index (χ4n) is 5.75. The molecule has 2 heterocycles. The van der Waals surface area contributed by atoms with Crippen molar-refractivity contribution >= 4 is 62.0 Å². The second kappa shape index (κ2) is 9.37. The van der Waals surface area contributed by atoms with Crippen LogP contribution in [0.1, 0.15) is 0 Å². The van der Waals surface area contributed by atoms with Crippen molar-refractivity contribution in [2.24, 2.45) is 0 Å². The third-order valence-corrected chi connectivity index (χ3v) is 8.66. The van der Waals surface area contributed by atoms with E-state index in [2.05, 4.69) is 154 Å². The van der Waals surface area contributed by atoms with Gasteiger partial charge in [0, 0.05) is 43.3 Å². The van der Waals surface area contributed by atoms with Crippen LogP contribution in [0.2, 0.25) is 0 Å². The molecule has 0 spiro atoms. The summed E-state index contributed by atoms with van der Waals surface area (Å²) in [5.74, 6) is 0. The summed E-state index contributed by atoms with van der Waals surface area (Å²) in [5.41, 5.74) is 9.25. The van der Waals surface area contributed by atoms with Crippen molar-refractivity contribution in [3.05, 3.63) is 146 Å². The predicted molar refractivity (Wildman–Crippen MR) is 169 cm³/mol. The highest BCUT2D eigenvalue weighted by molar-refractivity contribution is 7.99. The van der Waals surface area contributed by atoms with Crippen LogP contribution in [0.5, 0.6) is 0 Å². The largest absolute Gasteiger partial charge is 0.355 e. The molecule has 0 saturated carbocycles. The Labute approximate surface area is 237 Å². The van der Waals surface area contributed by atoms with Gasteiger partial charge in [-0.2, -0.15) is 0 Å². The number of aromatic nitrogens is 1. The maximum atomic E-state index is 3.57. The number of benzene rings is 6. The first-order chi connectivity index (χ1) is 19.8. The van der Waals surface area contributed by atoms with Gasteiger partial charge in [-0.05, 0) is 78.9 Å². The van der Waals surface area contributed by atoms with Crippen LogP contribution < -0.4 is 10.2 Å². The molecule has 4 heteroatoms. The Balaban J connectivity index is 1.26. The zero-order valence-electron chi connectivity index (χ0n) is 21.7. The van der Waals surface area contributed by atoms with Crippen LogP contribution >= 0.6 is 11.8 Å². The summed E-state index contributed by atoms with van der Waals surface area (Å²) in [6.45, 7) is 0. The monoisotopic (exact) mass is 531 g/mol.